The standard InChI is InChI=1S/C16H28O3/c1-11-6-7-14(16(18)8-11)9-13-4-3-5-15(10-13)19-12(2)17/h11,13-16,18H,3-10H2,1-2H3. The van der Waals surface area contributed by atoms with Crippen molar-refractivity contribution in [3.8, 4) is 0 Å². The fourth-order valence-electron chi connectivity index (χ4n) is 3.91. The fourth-order valence-corrected chi connectivity index (χ4v) is 3.91. The molecule has 0 aromatic carbocycles. The summed E-state index contributed by atoms with van der Waals surface area (Å²) in [5, 5.41) is 10.2. The van der Waals surface area contributed by atoms with Crippen LogP contribution in [-0.2, 0) is 9.53 Å². The van der Waals surface area contributed by atoms with Crippen molar-refractivity contribution in [3.05, 3.63) is 0 Å². The second-order valence-electron chi connectivity index (χ2n) is 6.75. The molecule has 2 aliphatic rings. The van der Waals surface area contributed by atoms with Crippen LogP contribution >= 0.6 is 0 Å². The topological polar surface area (TPSA) is 46.5 Å². The molecule has 2 aliphatic carbocycles. The van der Waals surface area contributed by atoms with Crippen LogP contribution in [-0.4, -0.2) is 23.3 Å². The van der Waals surface area contributed by atoms with Crippen LogP contribution in [0.4, 0.5) is 0 Å². The van der Waals surface area contributed by atoms with Crippen molar-refractivity contribution in [2.24, 2.45) is 17.8 Å². The number of rotatable bonds is 3. The summed E-state index contributed by atoms with van der Waals surface area (Å²) in [6, 6.07) is 0. The minimum Gasteiger partial charge on any atom is -0.463 e. The average molecular weight is 268 g/mol. The van der Waals surface area contributed by atoms with Crippen molar-refractivity contribution in [1.29, 1.82) is 0 Å². The van der Waals surface area contributed by atoms with E-state index in [1.807, 2.05) is 0 Å². The van der Waals surface area contributed by atoms with Gasteiger partial charge in [-0.25, -0.2) is 0 Å². The van der Waals surface area contributed by atoms with Gasteiger partial charge in [0, 0.05) is 6.92 Å². The monoisotopic (exact) mass is 268 g/mol. The molecule has 0 bridgehead atoms. The van der Waals surface area contributed by atoms with Gasteiger partial charge in [-0.15, -0.1) is 0 Å². The Hall–Kier alpha value is -0.570. The first-order valence-electron chi connectivity index (χ1n) is 7.90. The number of aliphatic hydroxyl groups excluding tert-OH is 1. The number of hydrogen-bond donors (Lipinski definition) is 1. The van der Waals surface area contributed by atoms with Gasteiger partial charge >= 0.3 is 5.97 Å². The summed E-state index contributed by atoms with van der Waals surface area (Å²) in [6.07, 6.45) is 8.90. The van der Waals surface area contributed by atoms with Gasteiger partial charge in [0.1, 0.15) is 6.10 Å². The second kappa shape index (κ2) is 6.74. The quantitative estimate of drug-likeness (QED) is 0.799. The predicted molar refractivity (Wildman–Crippen MR) is 74.6 cm³/mol. The molecule has 0 radical (unpaired) electrons. The van der Waals surface area contributed by atoms with Crippen LogP contribution < -0.4 is 0 Å². The third-order valence-corrected chi connectivity index (χ3v) is 4.92. The summed E-state index contributed by atoms with van der Waals surface area (Å²) in [6.45, 7) is 3.73. The van der Waals surface area contributed by atoms with Crippen molar-refractivity contribution >= 4 is 5.97 Å². The zero-order chi connectivity index (χ0) is 13.8. The van der Waals surface area contributed by atoms with Gasteiger partial charge in [0.2, 0.25) is 0 Å². The number of hydrogen-bond acceptors (Lipinski definition) is 3. The first-order valence-corrected chi connectivity index (χ1v) is 7.90. The minimum absolute atomic E-state index is 0.113. The molecule has 0 saturated heterocycles. The van der Waals surface area contributed by atoms with Crippen LogP contribution in [0.25, 0.3) is 0 Å². The first kappa shape index (κ1) is 14.8. The van der Waals surface area contributed by atoms with E-state index < -0.39 is 0 Å². The Labute approximate surface area is 116 Å². The van der Waals surface area contributed by atoms with Crippen LogP contribution in [0.1, 0.15) is 65.2 Å². The fraction of sp³-hybridized carbons (Fsp3) is 0.938. The highest BCUT2D eigenvalue weighted by Gasteiger charge is 2.31. The normalized spacial score (nSPS) is 39.8. The molecule has 2 rings (SSSR count). The van der Waals surface area contributed by atoms with Gasteiger partial charge in [-0.2, -0.15) is 0 Å². The molecule has 2 saturated carbocycles. The lowest BCUT2D eigenvalue weighted by Crippen LogP contribution is -2.32. The third-order valence-electron chi connectivity index (χ3n) is 4.92. The average Bonchev–Trinajstić information content (AvgIpc) is 2.32. The maximum absolute atomic E-state index is 11.0. The Morgan fingerprint density at radius 3 is 2.68 bits per heavy atom. The van der Waals surface area contributed by atoms with Crippen molar-refractivity contribution in [3.63, 3.8) is 0 Å². The summed E-state index contributed by atoms with van der Waals surface area (Å²) in [5.74, 6) is 1.62. The van der Waals surface area contributed by atoms with E-state index in [2.05, 4.69) is 6.92 Å². The summed E-state index contributed by atoms with van der Waals surface area (Å²) in [4.78, 5) is 11.0. The third kappa shape index (κ3) is 4.48. The molecular weight excluding hydrogens is 240 g/mol. The van der Waals surface area contributed by atoms with Gasteiger partial charge in [0.25, 0.3) is 0 Å². The molecule has 0 heterocycles. The second-order valence-corrected chi connectivity index (χ2v) is 6.75. The molecule has 0 aliphatic heterocycles. The molecule has 19 heavy (non-hydrogen) atoms. The van der Waals surface area contributed by atoms with Crippen molar-refractivity contribution in [1.82, 2.24) is 0 Å². The molecule has 2 fully saturated rings. The molecule has 5 unspecified atom stereocenters. The van der Waals surface area contributed by atoms with E-state index in [9.17, 15) is 9.90 Å². The molecule has 3 heteroatoms. The zero-order valence-electron chi connectivity index (χ0n) is 12.3. The van der Waals surface area contributed by atoms with Crippen molar-refractivity contribution in [2.45, 2.75) is 77.4 Å². The zero-order valence-corrected chi connectivity index (χ0v) is 12.3. The Kier molecular flexibility index (Phi) is 5.26. The molecule has 5 atom stereocenters. The Bertz CT molecular complexity index is 302. The number of carbonyl (C=O) groups excluding carboxylic acids is 1. The number of carbonyl (C=O) groups is 1. The molecular formula is C16H28O3. The van der Waals surface area contributed by atoms with Gasteiger partial charge in [-0.3, -0.25) is 4.79 Å². The molecule has 0 aromatic heterocycles. The highest BCUT2D eigenvalue weighted by molar-refractivity contribution is 5.66. The van der Waals surface area contributed by atoms with Crippen LogP contribution in [0.3, 0.4) is 0 Å². The van der Waals surface area contributed by atoms with E-state index in [-0.39, 0.29) is 18.2 Å². The van der Waals surface area contributed by atoms with E-state index in [1.165, 1.54) is 19.8 Å². The minimum atomic E-state index is -0.155. The van der Waals surface area contributed by atoms with E-state index in [1.54, 1.807) is 0 Å². The summed E-state index contributed by atoms with van der Waals surface area (Å²) >= 11 is 0. The van der Waals surface area contributed by atoms with E-state index in [0.29, 0.717) is 17.8 Å². The van der Waals surface area contributed by atoms with Crippen LogP contribution in [0.2, 0.25) is 0 Å². The molecule has 0 aromatic rings. The van der Waals surface area contributed by atoms with Gasteiger partial charge in [0.05, 0.1) is 6.10 Å². The van der Waals surface area contributed by atoms with Gasteiger partial charge in [-0.1, -0.05) is 19.8 Å². The van der Waals surface area contributed by atoms with Crippen LogP contribution in [0.15, 0.2) is 0 Å². The number of ether oxygens (including phenoxy) is 1. The maximum Gasteiger partial charge on any atom is 0.302 e. The maximum atomic E-state index is 11.0. The molecule has 110 valence electrons. The Morgan fingerprint density at radius 1 is 1.21 bits per heavy atom. The molecule has 0 amide bonds. The Morgan fingerprint density at radius 2 is 2.00 bits per heavy atom. The largest absolute Gasteiger partial charge is 0.463 e. The van der Waals surface area contributed by atoms with Gasteiger partial charge < -0.3 is 9.84 Å². The SMILES string of the molecule is CC(=O)OC1CCCC(CC2CCC(C)CC2O)C1. The summed E-state index contributed by atoms with van der Waals surface area (Å²) in [5.41, 5.74) is 0. The number of esters is 1. The highest BCUT2D eigenvalue weighted by Crippen LogP contribution is 2.37. The van der Waals surface area contributed by atoms with E-state index in [0.717, 1.165) is 38.5 Å². The highest BCUT2D eigenvalue weighted by atomic mass is 16.5. The summed E-state index contributed by atoms with van der Waals surface area (Å²) < 4.78 is 5.35. The lowest BCUT2D eigenvalue weighted by molar-refractivity contribution is -0.148. The predicted octanol–water partition coefficient (Wildman–Crippen LogP) is 3.30. The van der Waals surface area contributed by atoms with Crippen LogP contribution in [0.5, 0.6) is 0 Å². The lowest BCUT2D eigenvalue weighted by Gasteiger charge is -2.36. The van der Waals surface area contributed by atoms with Crippen molar-refractivity contribution < 1.29 is 14.6 Å². The summed E-state index contributed by atoms with van der Waals surface area (Å²) in [7, 11) is 0. The van der Waals surface area contributed by atoms with Gasteiger partial charge in [-0.05, 0) is 56.3 Å². The molecule has 1 N–H and O–H groups in total. The lowest BCUT2D eigenvalue weighted by atomic mass is 9.73. The van der Waals surface area contributed by atoms with Crippen LogP contribution in [0, 0.1) is 17.8 Å². The Balaban J connectivity index is 1.80. The smallest absolute Gasteiger partial charge is 0.302 e. The van der Waals surface area contributed by atoms with E-state index >= 15 is 0 Å². The first-order chi connectivity index (χ1) is 9.04. The van der Waals surface area contributed by atoms with Crippen molar-refractivity contribution in [2.75, 3.05) is 0 Å². The van der Waals surface area contributed by atoms with Gasteiger partial charge in [0.15, 0.2) is 0 Å². The number of aliphatic hydroxyl groups is 1. The molecule has 3 nitrogen and oxygen atoms in total. The van der Waals surface area contributed by atoms with E-state index in [4.69, 9.17) is 4.74 Å². The molecule has 0 spiro atoms.